The van der Waals surface area contributed by atoms with Gasteiger partial charge in [0.05, 0.1) is 0 Å². The van der Waals surface area contributed by atoms with Gasteiger partial charge in [0.15, 0.2) is 0 Å². The van der Waals surface area contributed by atoms with E-state index in [2.05, 4.69) is 10.1 Å². The average Bonchev–Trinajstić information content (AvgIpc) is 2.10. The van der Waals surface area contributed by atoms with E-state index in [1.165, 1.54) is 0 Å². The van der Waals surface area contributed by atoms with Gasteiger partial charge in [0.1, 0.15) is 5.54 Å². The number of hydrogen-bond donors (Lipinski definition) is 2. The zero-order valence-electron chi connectivity index (χ0n) is 9.16. The third-order valence-electron chi connectivity index (χ3n) is 2.71. The molecule has 0 radical (unpaired) electrons. The molecule has 1 unspecified atom stereocenters. The number of amides is 1. The molecule has 1 saturated carbocycles. The molecule has 1 amide bonds. The average molecular weight is 233 g/mol. The number of halogens is 1. The largest absolute Gasteiger partial charge is 0.480 e. The molecule has 1 fully saturated rings. The van der Waals surface area contributed by atoms with Gasteiger partial charge in [0.25, 0.3) is 0 Å². The molecule has 0 aliphatic heterocycles. The van der Waals surface area contributed by atoms with Gasteiger partial charge in [0.2, 0.25) is 6.36 Å². The number of carbonyl (C=O) groups is 2. The fourth-order valence-corrected chi connectivity index (χ4v) is 1.55. The number of carboxylic acids is 1. The van der Waals surface area contributed by atoms with Crippen molar-refractivity contribution in [3.63, 3.8) is 0 Å². The third kappa shape index (κ3) is 2.84. The lowest BCUT2D eigenvalue weighted by atomic mass is 9.77. The molecule has 5 nitrogen and oxygen atoms in total. The van der Waals surface area contributed by atoms with Crippen LogP contribution in [0.25, 0.3) is 0 Å². The van der Waals surface area contributed by atoms with E-state index in [1.54, 1.807) is 6.92 Å². The van der Waals surface area contributed by atoms with E-state index in [-0.39, 0.29) is 6.42 Å². The van der Waals surface area contributed by atoms with Crippen LogP contribution < -0.4 is 5.32 Å². The fourth-order valence-electron chi connectivity index (χ4n) is 1.55. The standard InChI is InChI=1S/C10H16FNO4/c1-2-4-7(11)16-9(15)12-10(8(13)14)5-3-6-10/h7H,2-6H2,1H3,(H,12,15)(H,13,14). The lowest BCUT2D eigenvalue weighted by molar-refractivity contribution is -0.148. The molecule has 1 aliphatic rings. The normalized spacial score (nSPS) is 19.4. The first-order valence-electron chi connectivity index (χ1n) is 5.36. The Morgan fingerprint density at radius 2 is 2.19 bits per heavy atom. The number of rotatable bonds is 5. The first kappa shape index (κ1) is 12.7. The zero-order valence-corrected chi connectivity index (χ0v) is 9.16. The summed E-state index contributed by atoms with van der Waals surface area (Å²) in [6.07, 6.45) is -0.532. The van der Waals surface area contributed by atoms with E-state index in [1.807, 2.05) is 0 Å². The molecule has 0 saturated heterocycles. The maximum atomic E-state index is 12.9. The molecule has 0 aromatic heterocycles. The highest BCUT2D eigenvalue weighted by Gasteiger charge is 2.46. The molecule has 2 N–H and O–H groups in total. The molecular formula is C10H16FNO4. The van der Waals surface area contributed by atoms with E-state index < -0.39 is 24.0 Å². The monoisotopic (exact) mass is 233 g/mol. The summed E-state index contributed by atoms with van der Waals surface area (Å²) in [5, 5.41) is 11.1. The summed E-state index contributed by atoms with van der Waals surface area (Å²) in [7, 11) is 0. The maximum absolute atomic E-state index is 12.9. The molecule has 0 aromatic carbocycles. The van der Waals surface area contributed by atoms with Gasteiger partial charge in [-0.15, -0.1) is 0 Å². The van der Waals surface area contributed by atoms with Crippen molar-refractivity contribution in [2.45, 2.75) is 50.9 Å². The van der Waals surface area contributed by atoms with Crippen LogP contribution in [0.3, 0.4) is 0 Å². The highest BCUT2D eigenvalue weighted by molar-refractivity contribution is 5.85. The van der Waals surface area contributed by atoms with Crippen molar-refractivity contribution in [3.05, 3.63) is 0 Å². The number of alkyl halides is 1. The number of nitrogens with one attached hydrogen (secondary N) is 1. The van der Waals surface area contributed by atoms with Gasteiger partial charge >= 0.3 is 12.1 Å². The molecule has 0 spiro atoms. The molecule has 1 atom stereocenters. The Morgan fingerprint density at radius 3 is 2.56 bits per heavy atom. The minimum absolute atomic E-state index is 0.119. The Morgan fingerprint density at radius 1 is 1.56 bits per heavy atom. The number of ether oxygens (including phenoxy) is 1. The molecule has 1 aliphatic carbocycles. The molecule has 16 heavy (non-hydrogen) atoms. The van der Waals surface area contributed by atoms with Gasteiger partial charge in [-0.3, -0.25) is 0 Å². The fraction of sp³-hybridized carbons (Fsp3) is 0.800. The lowest BCUT2D eigenvalue weighted by Gasteiger charge is -2.37. The van der Waals surface area contributed by atoms with Gasteiger partial charge in [-0.1, -0.05) is 6.92 Å². The summed E-state index contributed by atoms with van der Waals surface area (Å²) in [5.41, 5.74) is -1.25. The molecular weight excluding hydrogens is 217 g/mol. The van der Waals surface area contributed by atoms with Crippen LogP contribution in [0.2, 0.25) is 0 Å². The van der Waals surface area contributed by atoms with Gasteiger partial charge in [-0.2, -0.15) is 0 Å². The summed E-state index contributed by atoms with van der Waals surface area (Å²) in [6.45, 7) is 1.76. The van der Waals surface area contributed by atoms with Crippen molar-refractivity contribution in [1.29, 1.82) is 0 Å². The van der Waals surface area contributed by atoms with Crippen molar-refractivity contribution < 1.29 is 23.8 Å². The van der Waals surface area contributed by atoms with Crippen LogP contribution in [-0.4, -0.2) is 29.1 Å². The quantitative estimate of drug-likeness (QED) is 0.759. The highest BCUT2D eigenvalue weighted by Crippen LogP contribution is 2.32. The molecule has 0 bridgehead atoms. The van der Waals surface area contributed by atoms with Gasteiger partial charge in [0, 0.05) is 6.42 Å². The SMILES string of the molecule is CCCC(F)OC(=O)NC1(C(=O)O)CCC1. The van der Waals surface area contributed by atoms with Crippen LogP contribution in [0.15, 0.2) is 0 Å². The van der Waals surface area contributed by atoms with E-state index >= 15 is 0 Å². The minimum Gasteiger partial charge on any atom is -0.480 e. The number of carbonyl (C=O) groups excluding carboxylic acids is 1. The number of aliphatic carboxylic acids is 1. The van der Waals surface area contributed by atoms with E-state index in [4.69, 9.17) is 5.11 Å². The predicted octanol–water partition coefficient (Wildman–Crippen LogP) is 1.82. The summed E-state index contributed by atoms with van der Waals surface area (Å²) in [5.74, 6) is -1.10. The maximum Gasteiger partial charge on any atom is 0.410 e. The van der Waals surface area contributed by atoms with Crippen LogP contribution >= 0.6 is 0 Å². The predicted molar refractivity (Wildman–Crippen MR) is 53.6 cm³/mol. The summed E-state index contributed by atoms with van der Waals surface area (Å²) in [4.78, 5) is 22.1. The summed E-state index contributed by atoms with van der Waals surface area (Å²) in [6, 6.07) is 0. The zero-order chi connectivity index (χ0) is 12.2. The van der Waals surface area contributed by atoms with Crippen LogP contribution in [0.1, 0.15) is 39.0 Å². The third-order valence-corrected chi connectivity index (χ3v) is 2.71. The second kappa shape index (κ2) is 5.14. The minimum atomic E-state index is -1.67. The Kier molecular flexibility index (Phi) is 4.09. The molecule has 92 valence electrons. The van der Waals surface area contributed by atoms with Crippen molar-refractivity contribution in [3.8, 4) is 0 Å². The van der Waals surface area contributed by atoms with Gasteiger partial charge in [-0.05, 0) is 25.7 Å². The Balaban J connectivity index is 2.41. The Labute approximate surface area is 93.0 Å². The second-order valence-electron chi connectivity index (χ2n) is 3.97. The summed E-state index contributed by atoms with van der Waals surface area (Å²) >= 11 is 0. The molecule has 0 aromatic rings. The number of carboxylic acid groups (broad SMARTS) is 1. The molecule has 0 heterocycles. The lowest BCUT2D eigenvalue weighted by Crippen LogP contribution is -2.59. The van der Waals surface area contributed by atoms with Crippen molar-refractivity contribution in [2.75, 3.05) is 0 Å². The van der Waals surface area contributed by atoms with E-state index in [9.17, 15) is 14.0 Å². The second-order valence-corrected chi connectivity index (χ2v) is 3.97. The van der Waals surface area contributed by atoms with Gasteiger partial charge < -0.3 is 15.2 Å². The number of alkyl carbamates (subject to hydrolysis) is 1. The van der Waals surface area contributed by atoms with Crippen molar-refractivity contribution in [2.24, 2.45) is 0 Å². The van der Waals surface area contributed by atoms with Crippen molar-refractivity contribution in [1.82, 2.24) is 5.32 Å². The summed E-state index contributed by atoms with van der Waals surface area (Å²) < 4.78 is 17.3. The van der Waals surface area contributed by atoms with Crippen molar-refractivity contribution >= 4 is 12.1 Å². The van der Waals surface area contributed by atoms with Crippen LogP contribution in [0.5, 0.6) is 0 Å². The number of hydrogen-bond acceptors (Lipinski definition) is 3. The first-order chi connectivity index (χ1) is 7.50. The topological polar surface area (TPSA) is 75.6 Å². The Hall–Kier alpha value is -1.33. The Bertz CT molecular complexity index is 278. The van der Waals surface area contributed by atoms with Gasteiger partial charge in [-0.25, -0.2) is 14.0 Å². The first-order valence-corrected chi connectivity index (χ1v) is 5.36. The van der Waals surface area contributed by atoms with Crippen LogP contribution in [-0.2, 0) is 9.53 Å². The molecule has 6 heteroatoms. The molecule has 1 rings (SSSR count). The smallest absolute Gasteiger partial charge is 0.410 e. The van der Waals surface area contributed by atoms with E-state index in [0.717, 1.165) is 6.42 Å². The van der Waals surface area contributed by atoms with Crippen LogP contribution in [0.4, 0.5) is 9.18 Å². The van der Waals surface area contributed by atoms with E-state index in [0.29, 0.717) is 19.3 Å². The van der Waals surface area contributed by atoms with Crippen LogP contribution in [0, 0.1) is 0 Å². The highest BCUT2D eigenvalue weighted by atomic mass is 19.1.